The molecule has 0 aliphatic rings. The molecule has 0 fully saturated rings. The molecule has 2 aromatic heterocycles. The number of aromatic amines is 1. The van der Waals surface area contributed by atoms with Crippen LogP contribution < -0.4 is 5.73 Å². The minimum absolute atomic E-state index is 0.538. The number of benzene rings is 1. The SMILES string of the molecule is CCc1nc(N)c(C)c(Sc2nc3ccc(C)cc3[nH]2)n1. The van der Waals surface area contributed by atoms with Gasteiger partial charge in [-0.1, -0.05) is 13.0 Å². The summed E-state index contributed by atoms with van der Waals surface area (Å²) in [4.78, 5) is 16.7. The van der Waals surface area contributed by atoms with Crippen LogP contribution in [0.3, 0.4) is 0 Å². The largest absolute Gasteiger partial charge is 0.383 e. The molecule has 0 atom stereocenters. The van der Waals surface area contributed by atoms with Crippen LogP contribution in [-0.4, -0.2) is 19.9 Å². The number of aryl methyl sites for hydroxylation is 2. The van der Waals surface area contributed by atoms with Crippen molar-refractivity contribution in [1.82, 2.24) is 19.9 Å². The van der Waals surface area contributed by atoms with Crippen molar-refractivity contribution in [3.8, 4) is 0 Å². The van der Waals surface area contributed by atoms with Gasteiger partial charge in [-0.3, -0.25) is 0 Å². The molecule has 0 unspecified atom stereocenters. The number of anilines is 1. The zero-order valence-electron chi connectivity index (χ0n) is 12.3. The Morgan fingerprint density at radius 1 is 1.19 bits per heavy atom. The standard InChI is InChI=1S/C15H17N5S/c1-4-12-19-13(16)9(3)14(20-12)21-15-17-10-6-5-8(2)7-11(10)18-15/h5-7H,4H2,1-3H3,(H,17,18)(H2,16,19,20). The van der Waals surface area contributed by atoms with E-state index in [1.54, 1.807) is 0 Å². The number of fused-ring (bicyclic) bond motifs is 1. The Morgan fingerprint density at radius 2 is 2.00 bits per heavy atom. The van der Waals surface area contributed by atoms with Crippen LogP contribution in [0.2, 0.25) is 0 Å². The van der Waals surface area contributed by atoms with E-state index >= 15 is 0 Å². The number of rotatable bonds is 3. The molecular weight excluding hydrogens is 282 g/mol. The third kappa shape index (κ3) is 2.71. The van der Waals surface area contributed by atoms with Crippen LogP contribution in [-0.2, 0) is 6.42 Å². The van der Waals surface area contributed by atoms with E-state index in [4.69, 9.17) is 5.73 Å². The van der Waals surface area contributed by atoms with Gasteiger partial charge in [-0.05, 0) is 43.3 Å². The van der Waals surface area contributed by atoms with Gasteiger partial charge in [-0.25, -0.2) is 15.0 Å². The van der Waals surface area contributed by atoms with Gasteiger partial charge in [0.25, 0.3) is 0 Å². The molecule has 3 rings (SSSR count). The molecule has 1 aromatic carbocycles. The second kappa shape index (κ2) is 5.37. The first kappa shape index (κ1) is 13.9. The summed E-state index contributed by atoms with van der Waals surface area (Å²) in [6.45, 7) is 6.02. The van der Waals surface area contributed by atoms with Crippen molar-refractivity contribution in [2.24, 2.45) is 0 Å². The summed E-state index contributed by atoms with van der Waals surface area (Å²) in [7, 11) is 0. The summed E-state index contributed by atoms with van der Waals surface area (Å²) >= 11 is 1.49. The highest BCUT2D eigenvalue weighted by Gasteiger charge is 2.12. The first-order valence-corrected chi connectivity index (χ1v) is 7.65. The van der Waals surface area contributed by atoms with Crippen LogP contribution in [0.5, 0.6) is 0 Å². The topological polar surface area (TPSA) is 80.5 Å². The third-order valence-electron chi connectivity index (χ3n) is 3.31. The molecule has 0 saturated heterocycles. The summed E-state index contributed by atoms with van der Waals surface area (Å²) in [5, 5.41) is 1.67. The molecule has 3 aromatic rings. The average Bonchev–Trinajstić information content (AvgIpc) is 2.85. The minimum Gasteiger partial charge on any atom is -0.383 e. The van der Waals surface area contributed by atoms with E-state index in [0.717, 1.165) is 39.0 Å². The molecule has 0 amide bonds. The zero-order chi connectivity index (χ0) is 15.0. The Bertz CT molecular complexity index is 809. The highest BCUT2D eigenvalue weighted by atomic mass is 32.2. The lowest BCUT2D eigenvalue weighted by molar-refractivity contribution is 0.875. The molecule has 0 aliphatic carbocycles. The molecule has 2 heterocycles. The fourth-order valence-corrected chi connectivity index (χ4v) is 2.95. The first-order chi connectivity index (χ1) is 10.1. The van der Waals surface area contributed by atoms with Crippen molar-refractivity contribution >= 4 is 28.6 Å². The summed E-state index contributed by atoms with van der Waals surface area (Å²) < 4.78 is 0. The van der Waals surface area contributed by atoms with Gasteiger partial charge in [-0.2, -0.15) is 0 Å². The molecule has 3 N–H and O–H groups in total. The van der Waals surface area contributed by atoms with Crippen molar-refractivity contribution < 1.29 is 0 Å². The Labute approximate surface area is 127 Å². The van der Waals surface area contributed by atoms with Gasteiger partial charge in [0.2, 0.25) is 0 Å². The maximum atomic E-state index is 5.95. The number of hydrogen-bond acceptors (Lipinski definition) is 5. The number of hydrogen-bond donors (Lipinski definition) is 2. The van der Waals surface area contributed by atoms with Gasteiger partial charge < -0.3 is 10.7 Å². The summed E-state index contributed by atoms with van der Waals surface area (Å²) in [6, 6.07) is 6.16. The maximum Gasteiger partial charge on any atom is 0.172 e. The zero-order valence-corrected chi connectivity index (χ0v) is 13.1. The van der Waals surface area contributed by atoms with Crippen molar-refractivity contribution in [2.45, 2.75) is 37.4 Å². The highest BCUT2D eigenvalue weighted by Crippen LogP contribution is 2.30. The predicted molar refractivity (Wildman–Crippen MR) is 85.5 cm³/mol. The van der Waals surface area contributed by atoms with Crippen molar-refractivity contribution in [2.75, 3.05) is 5.73 Å². The van der Waals surface area contributed by atoms with Gasteiger partial charge in [0.15, 0.2) is 5.16 Å². The smallest absolute Gasteiger partial charge is 0.172 e. The molecule has 6 heteroatoms. The van der Waals surface area contributed by atoms with Crippen LogP contribution >= 0.6 is 11.8 Å². The van der Waals surface area contributed by atoms with Crippen LogP contribution in [0.1, 0.15) is 23.9 Å². The summed E-state index contributed by atoms with van der Waals surface area (Å²) in [6.07, 6.45) is 0.761. The van der Waals surface area contributed by atoms with E-state index in [0.29, 0.717) is 5.82 Å². The Balaban J connectivity index is 2.00. The number of aromatic nitrogens is 4. The van der Waals surface area contributed by atoms with Crippen molar-refractivity contribution in [3.05, 3.63) is 35.2 Å². The molecule has 0 radical (unpaired) electrons. The third-order valence-corrected chi connectivity index (χ3v) is 4.29. The van der Waals surface area contributed by atoms with Gasteiger partial charge >= 0.3 is 0 Å². The number of nitrogen functional groups attached to an aromatic ring is 1. The van der Waals surface area contributed by atoms with E-state index < -0.39 is 0 Å². The molecule has 21 heavy (non-hydrogen) atoms. The second-order valence-corrected chi connectivity index (χ2v) is 5.95. The van der Waals surface area contributed by atoms with E-state index in [1.807, 2.05) is 19.9 Å². The molecule has 0 aliphatic heterocycles. The number of nitrogens with zero attached hydrogens (tertiary/aromatic N) is 3. The van der Waals surface area contributed by atoms with E-state index in [1.165, 1.54) is 17.3 Å². The van der Waals surface area contributed by atoms with Crippen molar-refractivity contribution in [1.29, 1.82) is 0 Å². The van der Waals surface area contributed by atoms with Gasteiger partial charge in [0.1, 0.15) is 16.7 Å². The average molecular weight is 299 g/mol. The summed E-state index contributed by atoms with van der Waals surface area (Å²) in [5.74, 6) is 1.30. The fourth-order valence-electron chi connectivity index (χ4n) is 2.06. The molecule has 0 saturated carbocycles. The monoisotopic (exact) mass is 299 g/mol. The normalized spacial score (nSPS) is 11.2. The Hall–Kier alpha value is -2.08. The molecular formula is C15H17N5S. The Morgan fingerprint density at radius 3 is 2.76 bits per heavy atom. The molecule has 0 bridgehead atoms. The van der Waals surface area contributed by atoms with E-state index in [9.17, 15) is 0 Å². The fraction of sp³-hybridized carbons (Fsp3) is 0.267. The predicted octanol–water partition coefficient (Wildman–Crippen LogP) is 3.27. The number of nitrogens with one attached hydrogen (secondary N) is 1. The second-order valence-electron chi connectivity index (χ2n) is 4.97. The van der Waals surface area contributed by atoms with Crippen LogP contribution in [0.15, 0.2) is 28.4 Å². The lowest BCUT2D eigenvalue weighted by Gasteiger charge is -2.07. The van der Waals surface area contributed by atoms with Crippen molar-refractivity contribution in [3.63, 3.8) is 0 Å². The molecule has 0 spiro atoms. The van der Waals surface area contributed by atoms with Crippen LogP contribution in [0.4, 0.5) is 5.82 Å². The maximum absolute atomic E-state index is 5.95. The highest BCUT2D eigenvalue weighted by molar-refractivity contribution is 7.99. The lowest BCUT2D eigenvalue weighted by Crippen LogP contribution is -2.03. The molecule has 5 nitrogen and oxygen atoms in total. The number of H-pyrrole nitrogens is 1. The minimum atomic E-state index is 0.538. The van der Waals surface area contributed by atoms with Gasteiger partial charge in [0.05, 0.1) is 11.0 Å². The van der Waals surface area contributed by atoms with Gasteiger partial charge in [-0.15, -0.1) is 0 Å². The van der Waals surface area contributed by atoms with Crippen LogP contribution in [0, 0.1) is 13.8 Å². The lowest BCUT2D eigenvalue weighted by atomic mass is 10.2. The molecule has 108 valence electrons. The van der Waals surface area contributed by atoms with E-state index in [-0.39, 0.29) is 0 Å². The van der Waals surface area contributed by atoms with E-state index in [2.05, 4.69) is 39.0 Å². The van der Waals surface area contributed by atoms with Crippen LogP contribution in [0.25, 0.3) is 11.0 Å². The van der Waals surface area contributed by atoms with Gasteiger partial charge in [0, 0.05) is 12.0 Å². The Kier molecular flexibility index (Phi) is 3.55. The number of nitrogens with two attached hydrogens (primary N) is 1. The number of imidazole rings is 1. The summed E-state index contributed by atoms with van der Waals surface area (Å²) in [5.41, 5.74) is 10.0. The first-order valence-electron chi connectivity index (χ1n) is 6.84. The quantitative estimate of drug-likeness (QED) is 0.725.